The average Bonchev–Trinajstić information content (AvgIpc) is 2.76. The van der Waals surface area contributed by atoms with Crippen molar-refractivity contribution in [2.24, 2.45) is 0 Å². The summed E-state index contributed by atoms with van der Waals surface area (Å²) < 4.78 is 15.2. The molecule has 7 heteroatoms. The maximum Gasteiger partial charge on any atom is 0.345 e. The molecule has 0 aromatic heterocycles. The molecule has 0 spiro atoms. The Morgan fingerprint density at radius 3 is 2.00 bits per heavy atom. The van der Waals surface area contributed by atoms with Gasteiger partial charge in [0.15, 0.2) is 0 Å². The van der Waals surface area contributed by atoms with Crippen molar-refractivity contribution in [2.75, 3.05) is 25.2 Å². The average molecular weight is 411 g/mol. The second kappa shape index (κ2) is 11.4. The van der Waals surface area contributed by atoms with Gasteiger partial charge in [0.2, 0.25) is 0 Å². The van der Waals surface area contributed by atoms with E-state index in [1.807, 2.05) is 30.3 Å². The lowest BCUT2D eigenvalue weighted by Gasteiger charge is -2.24. The summed E-state index contributed by atoms with van der Waals surface area (Å²) in [6.07, 6.45) is 0.950. The summed E-state index contributed by atoms with van der Waals surface area (Å²) in [7, 11) is 1.50. The number of carbonyl (C=O) groups is 3. The zero-order valence-electron chi connectivity index (χ0n) is 17.3. The van der Waals surface area contributed by atoms with Crippen LogP contribution in [0.4, 0.5) is 5.69 Å². The molecule has 2 aromatic carbocycles. The summed E-state index contributed by atoms with van der Waals surface area (Å²) >= 11 is 0. The van der Waals surface area contributed by atoms with E-state index < -0.39 is 23.4 Å². The van der Waals surface area contributed by atoms with E-state index in [0.29, 0.717) is 11.4 Å². The molecule has 0 radical (unpaired) electrons. The predicted octanol–water partition coefficient (Wildman–Crippen LogP) is 3.28. The lowest BCUT2D eigenvalue weighted by molar-refractivity contribution is -0.146. The lowest BCUT2D eigenvalue weighted by Crippen LogP contribution is -2.31. The number of ether oxygens (including phenoxy) is 3. The highest BCUT2D eigenvalue weighted by atomic mass is 16.6. The molecule has 2 rings (SSSR count). The van der Waals surface area contributed by atoms with Gasteiger partial charge < -0.3 is 19.1 Å². The number of esters is 2. The van der Waals surface area contributed by atoms with Crippen LogP contribution in [0.3, 0.4) is 0 Å². The van der Waals surface area contributed by atoms with E-state index in [-0.39, 0.29) is 19.8 Å². The molecule has 158 valence electrons. The first-order valence-electron chi connectivity index (χ1n) is 9.56. The molecule has 0 saturated heterocycles. The van der Waals surface area contributed by atoms with E-state index in [1.54, 1.807) is 38.1 Å². The number of rotatable bonds is 9. The highest BCUT2D eigenvalue weighted by molar-refractivity contribution is 6.19. The summed E-state index contributed by atoms with van der Waals surface area (Å²) in [5, 5.41) is 0. The molecule has 0 aliphatic rings. The largest absolute Gasteiger partial charge is 0.495 e. The van der Waals surface area contributed by atoms with E-state index in [1.165, 1.54) is 12.0 Å². The van der Waals surface area contributed by atoms with Crippen LogP contribution in [0.1, 0.15) is 19.4 Å². The molecule has 0 fully saturated rings. The van der Waals surface area contributed by atoms with Gasteiger partial charge in [-0.3, -0.25) is 4.79 Å². The number of anilines is 1. The van der Waals surface area contributed by atoms with Gasteiger partial charge in [-0.05, 0) is 31.5 Å². The van der Waals surface area contributed by atoms with Gasteiger partial charge >= 0.3 is 11.9 Å². The van der Waals surface area contributed by atoms with Gasteiger partial charge in [-0.15, -0.1) is 0 Å². The Morgan fingerprint density at radius 1 is 0.867 bits per heavy atom. The maximum atomic E-state index is 13.2. The van der Waals surface area contributed by atoms with Crippen LogP contribution in [-0.4, -0.2) is 38.2 Å². The van der Waals surface area contributed by atoms with Crippen molar-refractivity contribution in [2.45, 2.75) is 20.4 Å². The molecule has 2 aromatic rings. The second-order valence-electron chi connectivity index (χ2n) is 6.08. The number of para-hydroxylation sites is 2. The van der Waals surface area contributed by atoms with Gasteiger partial charge in [0.1, 0.15) is 11.3 Å². The first-order valence-corrected chi connectivity index (χ1v) is 9.56. The van der Waals surface area contributed by atoms with Crippen molar-refractivity contribution >= 4 is 23.5 Å². The van der Waals surface area contributed by atoms with Gasteiger partial charge in [-0.2, -0.15) is 0 Å². The van der Waals surface area contributed by atoms with Crippen LogP contribution in [0.2, 0.25) is 0 Å². The fourth-order valence-corrected chi connectivity index (χ4v) is 2.72. The molecule has 7 nitrogen and oxygen atoms in total. The smallest absolute Gasteiger partial charge is 0.345 e. The fraction of sp³-hybridized carbons (Fsp3) is 0.261. The van der Waals surface area contributed by atoms with E-state index in [2.05, 4.69) is 0 Å². The number of carbonyl (C=O) groups excluding carboxylic acids is 3. The molecule has 0 unspecified atom stereocenters. The van der Waals surface area contributed by atoms with Crippen molar-refractivity contribution in [3.05, 3.63) is 71.8 Å². The number of amides is 1. The van der Waals surface area contributed by atoms with Gasteiger partial charge in [-0.1, -0.05) is 42.5 Å². The fourth-order valence-electron chi connectivity index (χ4n) is 2.72. The van der Waals surface area contributed by atoms with Gasteiger partial charge in [0, 0.05) is 6.08 Å². The SMILES string of the molecule is CCOC(=O)C(=CC(=O)N(Cc1ccccc1)c1ccccc1OC)C(=O)OCC. The minimum absolute atomic E-state index is 0.0595. The molecule has 0 aliphatic heterocycles. The van der Waals surface area contributed by atoms with E-state index >= 15 is 0 Å². The van der Waals surface area contributed by atoms with Crippen molar-refractivity contribution in [3.63, 3.8) is 0 Å². The Hall–Kier alpha value is -3.61. The lowest BCUT2D eigenvalue weighted by atomic mass is 10.1. The Bertz CT molecular complexity index is 887. The van der Waals surface area contributed by atoms with Crippen LogP contribution in [0.15, 0.2) is 66.2 Å². The quantitative estimate of drug-likeness (QED) is 0.273. The molecule has 30 heavy (non-hydrogen) atoms. The molecule has 1 amide bonds. The topological polar surface area (TPSA) is 82.1 Å². The number of hydrogen-bond acceptors (Lipinski definition) is 6. The highest BCUT2D eigenvalue weighted by Crippen LogP contribution is 2.29. The monoisotopic (exact) mass is 411 g/mol. The van der Waals surface area contributed by atoms with Gasteiger partial charge in [0.05, 0.1) is 32.6 Å². The van der Waals surface area contributed by atoms with Crippen molar-refractivity contribution in [1.29, 1.82) is 0 Å². The van der Waals surface area contributed by atoms with Crippen LogP contribution in [0.5, 0.6) is 5.75 Å². The number of methoxy groups -OCH3 is 1. The molecule has 0 aliphatic carbocycles. The third kappa shape index (κ3) is 5.94. The molecule has 0 bridgehead atoms. The first kappa shape index (κ1) is 22.7. The third-order valence-electron chi connectivity index (χ3n) is 4.08. The zero-order valence-corrected chi connectivity index (χ0v) is 17.3. The van der Waals surface area contributed by atoms with E-state index in [4.69, 9.17) is 14.2 Å². The van der Waals surface area contributed by atoms with E-state index in [9.17, 15) is 14.4 Å². The van der Waals surface area contributed by atoms with Crippen molar-refractivity contribution in [1.82, 2.24) is 0 Å². The Morgan fingerprint density at radius 2 is 1.43 bits per heavy atom. The summed E-state index contributed by atoms with van der Waals surface area (Å²) in [6.45, 7) is 3.54. The molecule has 0 saturated carbocycles. The third-order valence-corrected chi connectivity index (χ3v) is 4.08. The minimum Gasteiger partial charge on any atom is -0.495 e. The Labute approximate surface area is 175 Å². The second-order valence-corrected chi connectivity index (χ2v) is 6.08. The molecular weight excluding hydrogens is 386 g/mol. The van der Waals surface area contributed by atoms with Crippen LogP contribution < -0.4 is 9.64 Å². The summed E-state index contributed by atoms with van der Waals surface area (Å²) in [5.41, 5.74) is 0.896. The standard InChI is InChI=1S/C23H25NO6/c1-4-29-22(26)18(23(27)30-5-2)15-21(25)24(16-17-11-7-6-8-12-17)19-13-9-10-14-20(19)28-3/h6-15H,4-5,16H2,1-3H3. The number of hydrogen-bond donors (Lipinski definition) is 0. The van der Waals surface area contributed by atoms with Crippen LogP contribution in [0.25, 0.3) is 0 Å². The normalized spacial score (nSPS) is 9.97. The van der Waals surface area contributed by atoms with Crippen LogP contribution >= 0.6 is 0 Å². The van der Waals surface area contributed by atoms with Crippen molar-refractivity contribution in [3.8, 4) is 5.75 Å². The number of benzene rings is 2. The Balaban J connectivity index is 2.49. The van der Waals surface area contributed by atoms with Crippen LogP contribution in [-0.2, 0) is 30.4 Å². The number of nitrogens with zero attached hydrogens (tertiary/aromatic N) is 1. The highest BCUT2D eigenvalue weighted by Gasteiger charge is 2.26. The summed E-state index contributed by atoms with van der Waals surface area (Å²) in [4.78, 5) is 39.1. The Kier molecular flexibility index (Phi) is 8.62. The first-order chi connectivity index (χ1) is 14.5. The summed E-state index contributed by atoms with van der Waals surface area (Å²) in [6, 6.07) is 16.3. The van der Waals surface area contributed by atoms with Crippen molar-refractivity contribution < 1.29 is 28.6 Å². The molecule has 0 N–H and O–H groups in total. The zero-order chi connectivity index (χ0) is 21.9. The van der Waals surface area contributed by atoms with Gasteiger partial charge in [0.25, 0.3) is 5.91 Å². The molecule has 0 heterocycles. The minimum atomic E-state index is -0.913. The summed E-state index contributed by atoms with van der Waals surface area (Å²) in [5.74, 6) is -1.93. The molecular formula is C23H25NO6. The maximum absolute atomic E-state index is 13.2. The van der Waals surface area contributed by atoms with E-state index in [0.717, 1.165) is 11.6 Å². The van der Waals surface area contributed by atoms with Gasteiger partial charge in [-0.25, -0.2) is 9.59 Å². The molecule has 0 atom stereocenters. The van der Waals surface area contributed by atoms with Crippen LogP contribution in [0, 0.1) is 0 Å². The predicted molar refractivity (Wildman–Crippen MR) is 112 cm³/mol.